The van der Waals surface area contributed by atoms with Crippen molar-refractivity contribution in [3.8, 4) is 0 Å². The Hall–Kier alpha value is -0.940. The molecular formula is C7H9NO3S. The van der Waals surface area contributed by atoms with Crippen molar-refractivity contribution in [2.24, 2.45) is 0 Å². The molecule has 0 amide bonds. The zero-order valence-electron chi connectivity index (χ0n) is 6.81. The van der Waals surface area contributed by atoms with Crippen molar-refractivity contribution in [1.29, 1.82) is 0 Å². The molecule has 12 heavy (non-hydrogen) atoms. The predicted octanol–water partition coefficient (Wildman–Crippen LogP) is 0.725. The van der Waals surface area contributed by atoms with Crippen LogP contribution in [-0.4, -0.2) is 20.5 Å². The van der Waals surface area contributed by atoms with E-state index in [0.717, 1.165) is 7.11 Å². The molecule has 1 rings (SSSR count). The molecule has 0 radical (unpaired) electrons. The summed E-state index contributed by atoms with van der Waals surface area (Å²) in [7, 11) is -2.53. The first-order valence-corrected chi connectivity index (χ1v) is 4.71. The summed E-state index contributed by atoms with van der Waals surface area (Å²) in [6.45, 7) is 1.67. The van der Waals surface area contributed by atoms with Gasteiger partial charge in [0.2, 0.25) is 0 Å². The molecule has 5 heteroatoms. The van der Waals surface area contributed by atoms with Gasteiger partial charge in [0.05, 0.1) is 7.11 Å². The Morgan fingerprint density at radius 1 is 1.50 bits per heavy atom. The van der Waals surface area contributed by atoms with Crippen LogP contribution < -0.4 is 0 Å². The first-order valence-electron chi connectivity index (χ1n) is 3.30. The Bertz CT molecular complexity index is 372. The van der Waals surface area contributed by atoms with E-state index < -0.39 is 10.1 Å². The zero-order chi connectivity index (χ0) is 9.19. The second-order valence-corrected chi connectivity index (χ2v) is 3.87. The van der Waals surface area contributed by atoms with Crippen LogP contribution in [0.5, 0.6) is 0 Å². The summed E-state index contributed by atoms with van der Waals surface area (Å²) in [6, 6.07) is 3.34. The van der Waals surface area contributed by atoms with Crippen molar-refractivity contribution in [1.82, 2.24) is 4.98 Å². The van der Waals surface area contributed by atoms with Gasteiger partial charge in [-0.25, -0.2) is 4.98 Å². The molecule has 0 aromatic carbocycles. The van der Waals surface area contributed by atoms with E-state index in [1.54, 1.807) is 19.1 Å². The topological polar surface area (TPSA) is 56.3 Å². The lowest BCUT2D eigenvalue weighted by Gasteiger charge is -2.01. The van der Waals surface area contributed by atoms with Crippen LogP contribution in [0.1, 0.15) is 5.56 Å². The lowest BCUT2D eigenvalue weighted by atomic mass is 10.3. The average Bonchev–Trinajstić information content (AvgIpc) is 2.05. The van der Waals surface area contributed by atoms with E-state index in [1.807, 2.05) is 0 Å². The summed E-state index contributed by atoms with van der Waals surface area (Å²) < 4.78 is 26.6. The highest BCUT2D eigenvalue weighted by Crippen LogP contribution is 2.12. The highest BCUT2D eigenvalue weighted by molar-refractivity contribution is 7.86. The van der Waals surface area contributed by atoms with E-state index in [0.29, 0.717) is 5.56 Å². The minimum atomic E-state index is -3.64. The van der Waals surface area contributed by atoms with Crippen molar-refractivity contribution in [3.05, 3.63) is 23.9 Å². The first kappa shape index (κ1) is 9.15. The largest absolute Gasteiger partial charge is 0.314 e. The monoisotopic (exact) mass is 187 g/mol. The number of hydrogen-bond acceptors (Lipinski definition) is 4. The number of rotatable bonds is 2. The molecule has 1 aromatic heterocycles. The van der Waals surface area contributed by atoms with E-state index >= 15 is 0 Å². The van der Waals surface area contributed by atoms with Gasteiger partial charge in [-0.05, 0) is 18.6 Å². The molecule has 1 aromatic rings. The van der Waals surface area contributed by atoms with Crippen LogP contribution in [0.2, 0.25) is 0 Å². The van der Waals surface area contributed by atoms with E-state index in [1.165, 1.54) is 6.20 Å². The predicted molar refractivity (Wildman–Crippen MR) is 43.2 cm³/mol. The average molecular weight is 187 g/mol. The second-order valence-electron chi connectivity index (χ2n) is 2.25. The number of nitrogens with zero attached hydrogens (tertiary/aromatic N) is 1. The summed E-state index contributed by atoms with van der Waals surface area (Å²) in [5, 5.41) is -0.0208. The molecule has 1 heterocycles. The van der Waals surface area contributed by atoms with Crippen LogP contribution in [0.15, 0.2) is 23.4 Å². The zero-order valence-corrected chi connectivity index (χ0v) is 7.63. The maximum absolute atomic E-state index is 11.1. The lowest BCUT2D eigenvalue weighted by Crippen LogP contribution is -2.06. The van der Waals surface area contributed by atoms with E-state index in [4.69, 9.17) is 0 Å². The van der Waals surface area contributed by atoms with Gasteiger partial charge in [-0.3, -0.25) is 4.18 Å². The minimum Gasteiger partial charge on any atom is -0.269 e. The lowest BCUT2D eigenvalue weighted by molar-refractivity contribution is 0.394. The molecule has 4 nitrogen and oxygen atoms in total. The second kappa shape index (κ2) is 3.20. The Morgan fingerprint density at radius 3 is 2.67 bits per heavy atom. The van der Waals surface area contributed by atoms with Gasteiger partial charge in [-0.1, -0.05) is 6.07 Å². The van der Waals surface area contributed by atoms with Crippen LogP contribution in [0.3, 0.4) is 0 Å². The molecule has 0 aliphatic carbocycles. The van der Waals surface area contributed by atoms with Crippen molar-refractivity contribution in [3.63, 3.8) is 0 Å². The van der Waals surface area contributed by atoms with Crippen LogP contribution in [0.25, 0.3) is 0 Å². The van der Waals surface area contributed by atoms with E-state index in [-0.39, 0.29) is 5.03 Å². The summed E-state index contributed by atoms with van der Waals surface area (Å²) in [5.41, 5.74) is 0.583. The number of aromatic nitrogens is 1. The molecule has 0 aliphatic heterocycles. The van der Waals surface area contributed by atoms with E-state index in [2.05, 4.69) is 9.17 Å². The molecule has 0 unspecified atom stereocenters. The molecule has 66 valence electrons. The van der Waals surface area contributed by atoms with Gasteiger partial charge in [0.1, 0.15) is 0 Å². The van der Waals surface area contributed by atoms with Gasteiger partial charge in [-0.2, -0.15) is 8.42 Å². The molecule has 0 bridgehead atoms. The highest BCUT2D eigenvalue weighted by atomic mass is 32.2. The molecule has 0 aliphatic rings. The smallest absolute Gasteiger partial charge is 0.269 e. The van der Waals surface area contributed by atoms with Gasteiger partial charge in [0.15, 0.2) is 5.03 Å². The Labute approximate surface area is 71.3 Å². The minimum absolute atomic E-state index is 0.0208. The molecule has 0 fully saturated rings. The van der Waals surface area contributed by atoms with Crippen LogP contribution in [0, 0.1) is 6.92 Å². The first-order chi connectivity index (χ1) is 5.58. The van der Waals surface area contributed by atoms with Gasteiger partial charge in [0, 0.05) is 6.20 Å². The number of hydrogen-bond donors (Lipinski definition) is 0. The summed E-state index contributed by atoms with van der Waals surface area (Å²) >= 11 is 0. The van der Waals surface area contributed by atoms with Gasteiger partial charge < -0.3 is 0 Å². The molecule has 0 atom stereocenters. The molecular weight excluding hydrogens is 178 g/mol. The summed E-state index contributed by atoms with van der Waals surface area (Å²) in [6.07, 6.45) is 1.42. The fraction of sp³-hybridized carbons (Fsp3) is 0.286. The summed E-state index contributed by atoms with van der Waals surface area (Å²) in [5.74, 6) is 0. The Balaban J connectivity index is 3.30. The van der Waals surface area contributed by atoms with Crippen LogP contribution in [0.4, 0.5) is 0 Å². The third-order valence-corrected chi connectivity index (χ3v) is 2.76. The Morgan fingerprint density at radius 2 is 2.17 bits per heavy atom. The van der Waals surface area contributed by atoms with Gasteiger partial charge in [-0.15, -0.1) is 0 Å². The standard InChI is InChI=1S/C7H9NO3S/c1-6-4-3-5-8-7(6)12(9,10)11-2/h3-5H,1-2H3. The van der Waals surface area contributed by atoms with Crippen molar-refractivity contribution < 1.29 is 12.6 Å². The van der Waals surface area contributed by atoms with Crippen molar-refractivity contribution in [2.45, 2.75) is 11.9 Å². The third-order valence-electron chi connectivity index (χ3n) is 1.42. The van der Waals surface area contributed by atoms with Crippen LogP contribution >= 0.6 is 0 Å². The molecule has 0 N–H and O–H groups in total. The third kappa shape index (κ3) is 1.62. The fourth-order valence-electron chi connectivity index (χ4n) is 0.812. The summed E-state index contributed by atoms with van der Waals surface area (Å²) in [4.78, 5) is 3.71. The van der Waals surface area contributed by atoms with Crippen molar-refractivity contribution in [2.75, 3.05) is 7.11 Å². The molecule has 0 spiro atoms. The SMILES string of the molecule is COS(=O)(=O)c1ncccc1C. The van der Waals surface area contributed by atoms with Crippen molar-refractivity contribution >= 4 is 10.1 Å². The highest BCUT2D eigenvalue weighted by Gasteiger charge is 2.16. The maximum Gasteiger partial charge on any atom is 0.314 e. The Kier molecular flexibility index (Phi) is 2.44. The molecule has 0 saturated carbocycles. The maximum atomic E-state index is 11.1. The fourth-order valence-corrected chi connectivity index (χ4v) is 1.62. The molecule has 0 saturated heterocycles. The van der Waals surface area contributed by atoms with E-state index in [9.17, 15) is 8.42 Å². The van der Waals surface area contributed by atoms with Gasteiger partial charge >= 0.3 is 10.1 Å². The van der Waals surface area contributed by atoms with Gasteiger partial charge in [0.25, 0.3) is 0 Å². The normalized spacial score (nSPS) is 11.5. The number of pyridine rings is 1. The number of aryl methyl sites for hydroxylation is 1. The van der Waals surface area contributed by atoms with Crippen LogP contribution in [-0.2, 0) is 14.3 Å². The quantitative estimate of drug-likeness (QED) is 0.640.